The standard InChI is InChI=1S/C57H38O/c1-57(2)50-31-30-37(34-49(50)55-39-18-4-3-15-35(39)29-32-51(55)57)36-16-13-17-38(33-36)53-43-22-7-9-24-45(43)54(46-25-10-8-23-44(46)53)42-21-6-5-19-40(42)47-26-14-27-48-41-20-11-12-28-52(41)58-56(47)48/h3-34H,1-2H3. The van der Waals surface area contributed by atoms with Gasteiger partial charge in [0.1, 0.15) is 11.2 Å². The zero-order chi connectivity index (χ0) is 38.5. The van der Waals surface area contributed by atoms with Crippen LogP contribution in [0.3, 0.4) is 0 Å². The van der Waals surface area contributed by atoms with Crippen molar-refractivity contribution in [2.75, 3.05) is 0 Å². The summed E-state index contributed by atoms with van der Waals surface area (Å²) in [6.45, 7) is 4.73. The van der Waals surface area contributed by atoms with E-state index in [1.165, 1.54) is 88.0 Å². The molecule has 1 heterocycles. The summed E-state index contributed by atoms with van der Waals surface area (Å²) in [5.41, 5.74) is 16.9. The van der Waals surface area contributed by atoms with Gasteiger partial charge >= 0.3 is 0 Å². The Morgan fingerprint density at radius 3 is 1.66 bits per heavy atom. The van der Waals surface area contributed by atoms with Gasteiger partial charge in [0.25, 0.3) is 0 Å². The first-order valence-electron chi connectivity index (χ1n) is 20.3. The Balaban J connectivity index is 1.06. The molecule has 11 aromatic rings. The van der Waals surface area contributed by atoms with Gasteiger partial charge in [-0.15, -0.1) is 0 Å². The number of rotatable bonds is 4. The molecular formula is C57H38O. The molecule has 0 saturated carbocycles. The fourth-order valence-electron chi connectivity index (χ4n) is 10.2. The van der Waals surface area contributed by atoms with Crippen molar-refractivity contribution in [3.05, 3.63) is 205 Å². The SMILES string of the molecule is CC1(C)c2ccc(-c3cccc(-c4c5ccccc5c(-c5ccccc5-c5cccc6c5oc5ccccc56)c5ccccc45)c3)cc2-c2c1ccc1ccccc21. The minimum atomic E-state index is -0.0636. The summed E-state index contributed by atoms with van der Waals surface area (Å²) in [4.78, 5) is 0. The maximum absolute atomic E-state index is 6.60. The molecule has 0 bridgehead atoms. The molecule has 0 amide bonds. The lowest BCUT2D eigenvalue weighted by molar-refractivity contribution is 0.661. The Bertz CT molecular complexity index is 3430. The minimum absolute atomic E-state index is 0.0636. The lowest BCUT2D eigenvalue weighted by Gasteiger charge is -2.22. The van der Waals surface area contributed by atoms with Crippen molar-refractivity contribution in [3.8, 4) is 55.6 Å². The van der Waals surface area contributed by atoms with Crippen LogP contribution >= 0.6 is 0 Å². The largest absolute Gasteiger partial charge is 0.455 e. The van der Waals surface area contributed by atoms with Crippen molar-refractivity contribution in [2.24, 2.45) is 0 Å². The molecule has 0 aliphatic heterocycles. The predicted molar refractivity (Wildman–Crippen MR) is 246 cm³/mol. The Hall–Kier alpha value is -7.22. The van der Waals surface area contributed by atoms with Crippen molar-refractivity contribution < 1.29 is 4.42 Å². The van der Waals surface area contributed by atoms with Crippen LogP contribution in [0.2, 0.25) is 0 Å². The van der Waals surface area contributed by atoms with Crippen LogP contribution in [0.4, 0.5) is 0 Å². The van der Waals surface area contributed by atoms with Crippen LogP contribution in [0.5, 0.6) is 0 Å². The second-order valence-corrected chi connectivity index (χ2v) is 16.3. The number of hydrogen-bond acceptors (Lipinski definition) is 1. The van der Waals surface area contributed by atoms with E-state index in [4.69, 9.17) is 4.42 Å². The zero-order valence-corrected chi connectivity index (χ0v) is 32.4. The second kappa shape index (κ2) is 12.4. The van der Waals surface area contributed by atoms with E-state index in [9.17, 15) is 0 Å². The molecule has 0 spiro atoms. The summed E-state index contributed by atoms with van der Waals surface area (Å²) >= 11 is 0. The smallest absolute Gasteiger partial charge is 0.143 e. The van der Waals surface area contributed by atoms with E-state index in [2.05, 4.69) is 202 Å². The lowest BCUT2D eigenvalue weighted by Crippen LogP contribution is -2.14. The number of benzene rings is 10. The first kappa shape index (κ1) is 33.0. The molecule has 58 heavy (non-hydrogen) atoms. The summed E-state index contributed by atoms with van der Waals surface area (Å²) in [6, 6.07) is 71.4. The van der Waals surface area contributed by atoms with Crippen LogP contribution in [-0.4, -0.2) is 0 Å². The van der Waals surface area contributed by atoms with Crippen molar-refractivity contribution in [1.82, 2.24) is 0 Å². The molecular weight excluding hydrogens is 701 g/mol. The Morgan fingerprint density at radius 2 is 0.879 bits per heavy atom. The van der Waals surface area contributed by atoms with Crippen LogP contribution in [0, 0.1) is 0 Å². The first-order valence-corrected chi connectivity index (χ1v) is 20.3. The molecule has 0 radical (unpaired) electrons. The van der Waals surface area contributed by atoms with E-state index in [1.54, 1.807) is 0 Å². The Labute approximate surface area is 337 Å². The van der Waals surface area contributed by atoms with Gasteiger partial charge in [-0.05, 0) is 112 Å². The normalized spacial score (nSPS) is 13.1. The van der Waals surface area contributed by atoms with Gasteiger partial charge in [0.2, 0.25) is 0 Å². The van der Waals surface area contributed by atoms with Crippen molar-refractivity contribution in [3.63, 3.8) is 0 Å². The summed E-state index contributed by atoms with van der Waals surface area (Å²) in [5.74, 6) is 0. The fraction of sp³-hybridized carbons (Fsp3) is 0.0526. The number of furan rings is 1. The predicted octanol–water partition coefficient (Wildman–Crippen LogP) is 16.0. The van der Waals surface area contributed by atoms with Gasteiger partial charge in [-0.3, -0.25) is 0 Å². The number of para-hydroxylation sites is 2. The molecule has 1 heteroatoms. The van der Waals surface area contributed by atoms with E-state index in [1.807, 2.05) is 6.07 Å². The average molecular weight is 739 g/mol. The maximum atomic E-state index is 6.60. The third-order valence-corrected chi connectivity index (χ3v) is 12.9. The highest BCUT2D eigenvalue weighted by Gasteiger charge is 2.36. The molecule has 1 nitrogen and oxygen atoms in total. The Kier molecular flexibility index (Phi) is 7.04. The van der Waals surface area contributed by atoms with E-state index >= 15 is 0 Å². The van der Waals surface area contributed by atoms with E-state index in [-0.39, 0.29) is 5.41 Å². The molecule has 1 aliphatic carbocycles. The zero-order valence-electron chi connectivity index (χ0n) is 32.4. The number of fused-ring (bicyclic) bond motifs is 10. The van der Waals surface area contributed by atoms with Gasteiger partial charge in [-0.25, -0.2) is 0 Å². The van der Waals surface area contributed by atoms with Gasteiger partial charge in [-0.2, -0.15) is 0 Å². The molecule has 0 atom stereocenters. The number of hydrogen-bond donors (Lipinski definition) is 0. The van der Waals surface area contributed by atoms with Crippen molar-refractivity contribution in [2.45, 2.75) is 19.3 Å². The van der Waals surface area contributed by atoms with E-state index in [0.29, 0.717) is 0 Å². The fourth-order valence-corrected chi connectivity index (χ4v) is 10.2. The van der Waals surface area contributed by atoms with E-state index < -0.39 is 0 Å². The lowest BCUT2D eigenvalue weighted by atomic mass is 9.81. The van der Waals surface area contributed by atoms with E-state index in [0.717, 1.165) is 33.1 Å². The van der Waals surface area contributed by atoms with Crippen molar-refractivity contribution >= 4 is 54.3 Å². The van der Waals surface area contributed by atoms with Crippen LogP contribution in [0.15, 0.2) is 199 Å². The Morgan fingerprint density at radius 1 is 0.328 bits per heavy atom. The van der Waals surface area contributed by atoms with Crippen LogP contribution in [-0.2, 0) is 5.41 Å². The molecule has 1 aromatic heterocycles. The highest BCUT2D eigenvalue weighted by molar-refractivity contribution is 6.23. The monoisotopic (exact) mass is 738 g/mol. The van der Waals surface area contributed by atoms with Gasteiger partial charge in [0.05, 0.1) is 0 Å². The summed E-state index contributed by atoms with van der Waals surface area (Å²) < 4.78 is 6.60. The topological polar surface area (TPSA) is 13.1 Å². The minimum Gasteiger partial charge on any atom is -0.455 e. The quantitative estimate of drug-likeness (QED) is 0.164. The molecule has 10 aromatic carbocycles. The van der Waals surface area contributed by atoms with Crippen LogP contribution < -0.4 is 0 Å². The molecule has 0 saturated heterocycles. The summed E-state index contributed by atoms with van der Waals surface area (Å²) in [6.07, 6.45) is 0. The molecule has 1 aliphatic rings. The third kappa shape index (κ3) is 4.71. The summed E-state index contributed by atoms with van der Waals surface area (Å²) in [5, 5.41) is 9.82. The van der Waals surface area contributed by atoms with Crippen LogP contribution in [0.1, 0.15) is 25.0 Å². The average Bonchev–Trinajstić information content (AvgIpc) is 3.77. The van der Waals surface area contributed by atoms with Gasteiger partial charge in [0.15, 0.2) is 0 Å². The van der Waals surface area contributed by atoms with Crippen molar-refractivity contribution in [1.29, 1.82) is 0 Å². The van der Waals surface area contributed by atoms with Gasteiger partial charge < -0.3 is 4.42 Å². The maximum Gasteiger partial charge on any atom is 0.143 e. The molecule has 0 unspecified atom stereocenters. The van der Waals surface area contributed by atoms with Crippen LogP contribution in [0.25, 0.3) is 110 Å². The highest BCUT2D eigenvalue weighted by atomic mass is 16.3. The first-order chi connectivity index (χ1) is 28.5. The molecule has 0 fully saturated rings. The molecule has 0 N–H and O–H groups in total. The summed E-state index contributed by atoms with van der Waals surface area (Å²) in [7, 11) is 0. The molecule has 272 valence electrons. The highest BCUT2D eigenvalue weighted by Crippen LogP contribution is 2.53. The third-order valence-electron chi connectivity index (χ3n) is 12.9. The van der Waals surface area contributed by atoms with Gasteiger partial charge in [0, 0.05) is 21.8 Å². The molecule has 12 rings (SSSR count). The second-order valence-electron chi connectivity index (χ2n) is 16.3. The van der Waals surface area contributed by atoms with Gasteiger partial charge in [-0.1, -0.05) is 190 Å².